The van der Waals surface area contributed by atoms with Gasteiger partial charge in [-0.25, -0.2) is 0 Å². The minimum absolute atomic E-state index is 0.765. The highest BCUT2D eigenvalue weighted by molar-refractivity contribution is 5.56. The molecule has 2 atom stereocenters. The second kappa shape index (κ2) is 4.93. The summed E-state index contributed by atoms with van der Waals surface area (Å²) in [4.78, 5) is 2.71. The molecule has 2 heterocycles. The lowest BCUT2D eigenvalue weighted by molar-refractivity contribution is 0.326. The van der Waals surface area contributed by atoms with Gasteiger partial charge >= 0.3 is 0 Å². The average Bonchev–Trinajstić information content (AvgIpc) is 2.62. The summed E-state index contributed by atoms with van der Waals surface area (Å²) >= 11 is 0. The van der Waals surface area contributed by atoms with E-state index in [4.69, 9.17) is 5.73 Å². The Hall–Kier alpha value is -1.02. The Bertz CT molecular complexity index is 401. The quantitative estimate of drug-likeness (QED) is 0.885. The first-order chi connectivity index (χ1) is 8.79. The normalized spacial score (nSPS) is 30.8. The predicted molar refractivity (Wildman–Crippen MR) is 76.9 cm³/mol. The summed E-state index contributed by atoms with van der Waals surface area (Å²) in [7, 11) is 0. The van der Waals surface area contributed by atoms with Gasteiger partial charge in [0.05, 0.1) is 0 Å². The summed E-state index contributed by atoms with van der Waals surface area (Å²) in [6.07, 6.45) is 6.67. The van der Waals surface area contributed by atoms with Crippen molar-refractivity contribution in [1.29, 1.82) is 0 Å². The minimum Gasteiger partial charge on any atom is -0.365 e. The van der Waals surface area contributed by atoms with Gasteiger partial charge in [0.2, 0.25) is 0 Å². The van der Waals surface area contributed by atoms with Crippen LogP contribution in [-0.4, -0.2) is 18.6 Å². The fraction of sp³-hybridized carbons (Fsp3) is 0.625. The molecule has 2 saturated heterocycles. The van der Waals surface area contributed by atoms with Crippen LogP contribution in [0.25, 0.3) is 0 Å². The first-order valence-electron chi connectivity index (χ1n) is 7.33. The number of piperidine rings is 1. The van der Waals surface area contributed by atoms with E-state index in [2.05, 4.69) is 36.1 Å². The van der Waals surface area contributed by atoms with Crippen molar-refractivity contribution in [3.63, 3.8) is 0 Å². The molecule has 2 bridgehead atoms. The number of hydrogen-bond acceptors (Lipinski definition) is 2. The van der Waals surface area contributed by atoms with Crippen LogP contribution < -0.4 is 10.6 Å². The Morgan fingerprint density at radius 3 is 2.44 bits per heavy atom. The highest BCUT2D eigenvalue weighted by Gasteiger charge is 2.40. The maximum Gasteiger partial charge on any atom is 0.0400 e. The van der Waals surface area contributed by atoms with Gasteiger partial charge in [0.25, 0.3) is 0 Å². The van der Waals surface area contributed by atoms with Crippen LogP contribution in [0.4, 0.5) is 5.69 Å². The number of nitrogens with zero attached hydrogens (tertiary/aromatic N) is 1. The van der Waals surface area contributed by atoms with E-state index in [9.17, 15) is 0 Å². The van der Waals surface area contributed by atoms with Crippen LogP contribution in [0.2, 0.25) is 0 Å². The van der Waals surface area contributed by atoms with Gasteiger partial charge in [-0.2, -0.15) is 0 Å². The molecule has 2 aliphatic heterocycles. The van der Waals surface area contributed by atoms with Gasteiger partial charge in [-0.1, -0.05) is 18.2 Å². The van der Waals surface area contributed by atoms with Crippen LogP contribution in [0.3, 0.4) is 0 Å². The molecule has 2 N–H and O–H groups in total. The molecule has 98 valence electrons. The number of benzene rings is 1. The lowest BCUT2D eigenvalue weighted by Crippen LogP contribution is -2.43. The van der Waals surface area contributed by atoms with Crippen molar-refractivity contribution < 1.29 is 0 Å². The molecule has 2 unspecified atom stereocenters. The summed E-state index contributed by atoms with van der Waals surface area (Å²) in [5, 5.41) is 0. The first-order valence-corrected chi connectivity index (χ1v) is 7.33. The second-order valence-electron chi connectivity index (χ2n) is 5.99. The number of hydrogen-bond donors (Lipinski definition) is 1. The van der Waals surface area contributed by atoms with Crippen molar-refractivity contribution in [1.82, 2.24) is 0 Å². The van der Waals surface area contributed by atoms with Crippen molar-refractivity contribution >= 4 is 5.69 Å². The molecule has 0 saturated carbocycles. The SMILES string of the molecule is Cc1ccccc1N1C2CCC1CC(CCN)C2. The third kappa shape index (κ3) is 2.03. The number of para-hydroxylation sites is 1. The molecule has 0 amide bonds. The molecule has 1 aromatic carbocycles. The molecule has 0 radical (unpaired) electrons. The minimum atomic E-state index is 0.765. The van der Waals surface area contributed by atoms with E-state index in [0.29, 0.717) is 0 Å². The van der Waals surface area contributed by atoms with Gasteiger partial charge in [0.1, 0.15) is 0 Å². The molecule has 18 heavy (non-hydrogen) atoms. The molecular formula is C16H24N2. The summed E-state index contributed by atoms with van der Waals surface area (Å²) in [5.41, 5.74) is 8.62. The monoisotopic (exact) mass is 244 g/mol. The van der Waals surface area contributed by atoms with Crippen molar-refractivity contribution in [2.45, 2.75) is 51.1 Å². The van der Waals surface area contributed by atoms with Gasteiger partial charge in [0, 0.05) is 17.8 Å². The Morgan fingerprint density at radius 2 is 1.83 bits per heavy atom. The Labute approximate surface area is 110 Å². The standard InChI is InChI=1S/C16H24N2/c1-12-4-2-3-5-16(12)18-14-6-7-15(18)11-13(10-14)8-9-17/h2-5,13-15H,6-11,17H2,1H3. The molecule has 1 aromatic rings. The lowest BCUT2D eigenvalue weighted by atomic mass is 9.87. The number of anilines is 1. The van der Waals surface area contributed by atoms with Crippen molar-refractivity contribution in [2.24, 2.45) is 11.7 Å². The first kappa shape index (κ1) is 12.0. The fourth-order valence-electron chi connectivity index (χ4n) is 4.01. The second-order valence-corrected chi connectivity index (χ2v) is 5.99. The van der Waals surface area contributed by atoms with Crippen molar-refractivity contribution in [3.05, 3.63) is 29.8 Å². The van der Waals surface area contributed by atoms with Crippen LogP contribution >= 0.6 is 0 Å². The lowest BCUT2D eigenvalue weighted by Gasteiger charge is -2.41. The maximum absolute atomic E-state index is 5.73. The zero-order valence-electron chi connectivity index (χ0n) is 11.3. The van der Waals surface area contributed by atoms with E-state index in [-0.39, 0.29) is 0 Å². The third-order valence-electron chi connectivity index (χ3n) is 4.80. The van der Waals surface area contributed by atoms with E-state index in [1.54, 1.807) is 0 Å². The Morgan fingerprint density at radius 1 is 1.17 bits per heavy atom. The molecule has 2 aliphatic rings. The fourth-order valence-corrected chi connectivity index (χ4v) is 4.01. The van der Waals surface area contributed by atoms with Gasteiger partial charge in [-0.15, -0.1) is 0 Å². The molecule has 3 rings (SSSR count). The molecular weight excluding hydrogens is 220 g/mol. The van der Waals surface area contributed by atoms with Gasteiger partial charge in [-0.05, 0) is 63.1 Å². The molecule has 2 heteroatoms. The zero-order valence-corrected chi connectivity index (χ0v) is 11.3. The van der Waals surface area contributed by atoms with E-state index in [1.807, 2.05) is 0 Å². The Kier molecular flexibility index (Phi) is 3.29. The van der Waals surface area contributed by atoms with Crippen molar-refractivity contribution in [2.75, 3.05) is 11.4 Å². The van der Waals surface area contributed by atoms with Gasteiger partial charge < -0.3 is 10.6 Å². The van der Waals surface area contributed by atoms with E-state index in [0.717, 1.165) is 24.5 Å². The van der Waals surface area contributed by atoms with Crippen LogP contribution in [0.1, 0.15) is 37.7 Å². The highest BCUT2D eigenvalue weighted by atomic mass is 15.2. The summed E-state index contributed by atoms with van der Waals surface area (Å²) < 4.78 is 0. The number of fused-ring (bicyclic) bond motifs is 2. The summed E-state index contributed by atoms with van der Waals surface area (Å²) in [6.45, 7) is 3.09. The maximum atomic E-state index is 5.73. The van der Waals surface area contributed by atoms with Crippen molar-refractivity contribution in [3.8, 4) is 0 Å². The third-order valence-corrected chi connectivity index (χ3v) is 4.80. The predicted octanol–water partition coefficient (Wildman–Crippen LogP) is 3.09. The van der Waals surface area contributed by atoms with E-state index < -0.39 is 0 Å². The van der Waals surface area contributed by atoms with Gasteiger partial charge in [0.15, 0.2) is 0 Å². The van der Waals surface area contributed by atoms with Crippen LogP contribution in [0, 0.1) is 12.8 Å². The zero-order chi connectivity index (χ0) is 12.5. The van der Waals surface area contributed by atoms with Crippen LogP contribution in [-0.2, 0) is 0 Å². The molecule has 2 nitrogen and oxygen atoms in total. The molecule has 2 fully saturated rings. The Balaban J connectivity index is 1.82. The summed E-state index contributed by atoms with van der Waals surface area (Å²) in [5.74, 6) is 0.868. The number of rotatable bonds is 3. The number of aryl methyl sites for hydroxylation is 1. The number of nitrogens with two attached hydrogens (primary N) is 1. The van der Waals surface area contributed by atoms with E-state index in [1.165, 1.54) is 43.4 Å². The average molecular weight is 244 g/mol. The van der Waals surface area contributed by atoms with Crippen LogP contribution in [0.15, 0.2) is 24.3 Å². The molecule has 0 aromatic heterocycles. The van der Waals surface area contributed by atoms with E-state index >= 15 is 0 Å². The largest absolute Gasteiger partial charge is 0.365 e. The highest BCUT2D eigenvalue weighted by Crippen LogP contribution is 2.43. The molecule has 0 aliphatic carbocycles. The van der Waals surface area contributed by atoms with Gasteiger partial charge in [-0.3, -0.25) is 0 Å². The smallest absolute Gasteiger partial charge is 0.0400 e. The molecule has 0 spiro atoms. The van der Waals surface area contributed by atoms with Crippen LogP contribution in [0.5, 0.6) is 0 Å². The topological polar surface area (TPSA) is 29.3 Å². The summed E-state index contributed by atoms with van der Waals surface area (Å²) in [6, 6.07) is 10.4.